The third-order valence-electron chi connectivity index (χ3n) is 4.44. The van der Waals surface area contributed by atoms with Crippen LogP contribution in [0.15, 0.2) is 48.7 Å². The molecule has 3 aromatic rings. The van der Waals surface area contributed by atoms with Crippen LogP contribution in [-0.2, 0) is 9.59 Å². The van der Waals surface area contributed by atoms with E-state index in [0.717, 1.165) is 11.1 Å². The summed E-state index contributed by atoms with van der Waals surface area (Å²) in [5.41, 5.74) is 2.55. The molecule has 1 N–H and O–H groups in total. The lowest BCUT2D eigenvalue weighted by Gasteiger charge is -2.32. The van der Waals surface area contributed by atoms with Crippen molar-refractivity contribution in [2.75, 3.05) is 5.32 Å². The van der Waals surface area contributed by atoms with Crippen LogP contribution in [0.5, 0.6) is 0 Å². The average Bonchev–Trinajstić information content (AvgIpc) is 3.02. The summed E-state index contributed by atoms with van der Waals surface area (Å²) in [6.07, 6.45) is 3.68. The average molecular weight is 381 g/mol. The quantitative estimate of drug-likeness (QED) is 0.734. The van der Waals surface area contributed by atoms with Crippen LogP contribution >= 0.6 is 11.3 Å². The molecule has 1 aromatic heterocycles. The molecule has 0 bridgehead atoms. The second kappa shape index (κ2) is 6.92. The molecule has 1 aliphatic rings. The molecule has 0 aliphatic carbocycles. The number of carbonyl (C=O) groups is 2. The molecule has 0 saturated heterocycles. The SMILES string of the molecule is CC(=O)N1C=Cc2ccccc2[C@@H]1CC(=O)Nc1nc2ccc(F)cc2s1. The molecule has 4 rings (SSSR count). The number of rotatable bonds is 3. The van der Waals surface area contributed by atoms with Gasteiger partial charge in [-0.3, -0.25) is 9.59 Å². The first-order chi connectivity index (χ1) is 13.0. The van der Waals surface area contributed by atoms with Crippen molar-refractivity contribution in [3.63, 3.8) is 0 Å². The summed E-state index contributed by atoms with van der Waals surface area (Å²) in [7, 11) is 0. The Morgan fingerprint density at radius 1 is 1.26 bits per heavy atom. The van der Waals surface area contributed by atoms with E-state index in [1.165, 1.54) is 30.4 Å². The van der Waals surface area contributed by atoms with Crippen molar-refractivity contribution in [1.82, 2.24) is 9.88 Å². The zero-order chi connectivity index (χ0) is 19.0. The molecule has 2 heterocycles. The number of halogens is 1. The van der Waals surface area contributed by atoms with Crippen molar-refractivity contribution in [1.29, 1.82) is 0 Å². The van der Waals surface area contributed by atoms with Crippen LogP contribution in [0, 0.1) is 5.82 Å². The molecule has 27 heavy (non-hydrogen) atoms. The predicted molar refractivity (Wildman–Crippen MR) is 104 cm³/mol. The van der Waals surface area contributed by atoms with Crippen LogP contribution < -0.4 is 5.32 Å². The number of anilines is 1. The smallest absolute Gasteiger partial charge is 0.228 e. The third kappa shape index (κ3) is 3.46. The van der Waals surface area contributed by atoms with Gasteiger partial charge >= 0.3 is 0 Å². The normalized spacial score (nSPS) is 15.6. The van der Waals surface area contributed by atoms with Gasteiger partial charge in [-0.05, 0) is 35.4 Å². The molecule has 136 valence electrons. The van der Waals surface area contributed by atoms with Gasteiger partial charge in [0.25, 0.3) is 0 Å². The van der Waals surface area contributed by atoms with Crippen molar-refractivity contribution in [2.45, 2.75) is 19.4 Å². The van der Waals surface area contributed by atoms with Crippen LogP contribution in [0.2, 0.25) is 0 Å². The number of thiazole rings is 1. The number of hydrogen-bond donors (Lipinski definition) is 1. The Balaban J connectivity index is 1.56. The number of aromatic nitrogens is 1. The summed E-state index contributed by atoms with van der Waals surface area (Å²) in [6, 6.07) is 11.6. The Morgan fingerprint density at radius 3 is 2.89 bits per heavy atom. The first-order valence-corrected chi connectivity index (χ1v) is 9.25. The highest BCUT2D eigenvalue weighted by Gasteiger charge is 2.28. The van der Waals surface area contributed by atoms with Gasteiger partial charge in [-0.15, -0.1) is 0 Å². The molecule has 2 amide bonds. The van der Waals surface area contributed by atoms with E-state index in [4.69, 9.17) is 0 Å². The van der Waals surface area contributed by atoms with Gasteiger partial charge < -0.3 is 10.2 Å². The number of carbonyl (C=O) groups excluding carboxylic acids is 2. The Bertz CT molecular complexity index is 1080. The summed E-state index contributed by atoms with van der Waals surface area (Å²) in [5, 5.41) is 3.18. The molecule has 5 nitrogen and oxygen atoms in total. The van der Waals surface area contributed by atoms with Gasteiger partial charge in [-0.1, -0.05) is 35.6 Å². The summed E-state index contributed by atoms with van der Waals surface area (Å²) in [4.78, 5) is 30.5. The maximum atomic E-state index is 13.3. The number of nitrogens with one attached hydrogen (secondary N) is 1. The van der Waals surface area contributed by atoms with E-state index in [1.54, 1.807) is 17.2 Å². The zero-order valence-electron chi connectivity index (χ0n) is 14.5. The van der Waals surface area contributed by atoms with Crippen LogP contribution in [0.4, 0.5) is 9.52 Å². The summed E-state index contributed by atoms with van der Waals surface area (Å²) in [6.45, 7) is 1.48. The zero-order valence-corrected chi connectivity index (χ0v) is 15.3. The van der Waals surface area contributed by atoms with Crippen molar-refractivity contribution in [3.05, 3.63) is 65.6 Å². The highest BCUT2D eigenvalue weighted by molar-refractivity contribution is 7.22. The minimum absolute atomic E-state index is 0.102. The summed E-state index contributed by atoms with van der Waals surface area (Å²) >= 11 is 1.22. The minimum Gasteiger partial charge on any atom is -0.311 e. The first kappa shape index (κ1) is 17.4. The maximum Gasteiger partial charge on any atom is 0.228 e. The van der Waals surface area contributed by atoms with Crippen molar-refractivity contribution >= 4 is 44.6 Å². The molecule has 1 aliphatic heterocycles. The van der Waals surface area contributed by atoms with Gasteiger partial charge in [-0.25, -0.2) is 9.37 Å². The van der Waals surface area contributed by atoms with Gasteiger partial charge in [0.2, 0.25) is 11.8 Å². The predicted octanol–water partition coefficient (Wildman–Crippen LogP) is 4.34. The lowest BCUT2D eigenvalue weighted by Crippen LogP contribution is -2.33. The Kier molecular flexibility index (Phi) is 4.45. The largest absolute Gasteiger partial charge is 0.311 e. The number of amides is 2. The molecule has 0 saturated carbocycles. The first-order valence-electron chi connectivity index (χ1n) is 8.43. The van der Waals surface area contributed by atoms with Crippen LogP contribution in [0.25, 0.3) is 16.3 Å². The second-order valence-corrected chi connectivity index (χ2v) is 7.30. The number of nitrogens with zero attached hydrogens (tertiary/aromatic N) is 2. The molecule has 2 aromatic carbocycles. The van der Waals surface area contributed by atoms with Gasteiger partial charge in [0.1, 0.15) is 5.82 Å². The van der Waals surface area contributed by atoms with Crippen molar-refractivity contribution in [3.8, 4) is 0 Å². The van der Waals surface area contributed by atoms with Crippen molar-refractivity contribution in [2.24, 2.45) is 0 Å². The molecule has 7 heteroatoms. The standard InChI is InChI=1S/C20H16FN3O2S/c1-12(25)24-9-8-13-4-2-3-5-15(13)17(24)11-19(26)23-20-22-16-7-6-14(21)10-18(16)27-20/h2-10,17H,11H2,1H3,(H,22,23,26)/t17-/m0/s1. The van der Waals surface area contributed by atoms with Gasteiger partial charge in [0.05, 0.1) is 22.7 Å². The van der Waals surface area contributed by atoms with Gasteiger partial charge in [-0.2, -0.15) is 0 Å². The lowest BCUT2D eigenvalue weighted by atomic mass is 9.93. The van der Waals surface area contributed by atoms with Crippen molar-refractivity contribution < 1.29 is 14.0 Å². The molecule has 0 spiro atoms. The number of benzene rings is 2. The molecule has 0 fully saturated rings. The minimum atomic E-state index is -0.379. The number of hydrogen-bond acceptors (Lipinski definition) is 4. The Hall–Kier alpha value is -3.06. The van der Waals surface area contributed by atoms with Crippen LogP contribution in [0.1, 0.15) is 30.5 Å². The highest BCUT2D eigenvalue weighted by atomic mass is 32.1. The van der Waals surface area contributed by atoms with Crippen LogP contribution in [-0.4, -0.2) is 21.7 Å². The lowest BCUT2D eigenvalue weighted by molar-refractivity contribution is -0.129. The highest BCUT2D eigenvalue weighted by Crippen LogP contribution is 2.33. The molecular formula is C20H16FN3O2S. The van der Waals surface area contributed by atoms with Gasteiger partial charge in [0.15, 0.2) is 5.13 Å². The molecule has 0 radical (unpaired) electrons. The monoisotopic (exact) mass is 381 g/mol. The van der Waals surface area contributed by atoms with E-state index in [2.05, 4.69) is 10.3 Å². The van der Waals surface area contributed by atoms with Gasteiger partial charge in [0, 0.05) is 13.1 Å². The van der Waals surface area contributed by atoms with E-state index in [9.17, 15) is 14.0 Å². The van der Waals surface area contributed by atoms with E-state index >= 15 is 0 Å². The fourth-order valence-electron chi connectivity index (χ4n) is 3.21. The fraction of sp³-hybridized carbons (Fsp3) is 0.150. The van der Waals surface area contributed by atoms with Crippen LogP contribution in [0.3, 0.4) is 0 Å². The summed E-state index contributed by atoms with van der Waals surface area (Å²) in [5.74, 6) is -0.725. The second-order valence-electron chi connectivity index (χ2n) is 6.27. The van der Waals surface area contributed by atoms with E-state index in [-0.39, 0.29) is 30.1 Å². The molecule has 1 atom stereocenters. The number of fused-ring (bicyclic) bond motifs is 2. The Morgan fingerprint density at radius 2 is 2.07 bits per heavy atom. The fourth-order valence-corrected chi connectivity index (χ4v) is 4.12. The maximum absolute atomic E-state index is 13.3. The topological polar surface area (TPSA) is 62.3 Å². The van der Waals surface area contributed by atoms with E-state index in [0.29, 0.717) is 15.3 Å². The van der Waals surface area contributed by atoms with E-state index in [1.807, 2.05) is 30.3 Å². The Labute approximate surface area is 159 Å². The summed E-state index contributed by atoms with van der Waals surface area (Å²) < 4.78 is 14.0. The van der Waals surface area contributed by atoms with E-state index < -0.39 is 0 Å². The molecule has 0 unspecified atom stereocenters. The molecular weight excluding hydrogens is 365 g/mol. The third-order valence-corrected chi connectivity index (χ3v) is 5.38.